The van der Waals surface area contributed by atoms with Crippen molar-refractivity contribution in [2.24, 2.45) is 16.1 Å². The summed E-state index contributed by atoms with van der Waals surface area (Å²) in [6.45, 7) is 3.55. The van der Waals surface area contributed by atoms with E-state index in [2.05, 4.69) is 5.29 Å². The molecule has 2 bridgehead atoms. The highest BCUT2D eigenvalue weighted by Gasteiger charge is 2.64. The largest absolute Gasteiger partial charge is 0.298 e. The first-order chi connectivity index (χ1) is 13.3. The highest BCUT2D eigenvalue weighted by molar-refractivity contribution is 5.93. The zero-order valence-corrected chi connectivity index (χ0v) is 15.9. The van der Waals surface area contributed by atoms with E-state index in [-0.39, 0.29) is 16.9 Å². The van der Waals surface area contributed by atoms with Crippen LogP contribution >= 0.6 is 0 Å². The lowest BCUT2D eigenvalue weighted by molar-refractivity contribution is -0.172. The van der Waals surface area contributed by atoms with Gasteiger partial charge in [-0.05, 0) is 25.0 Å². The minimum atomic E-state index is -0.981. The fourth-order valence-electron chi connectivity index (χ4n) is 5.42. The molecular weight excluding hydrogens is 362 g/mol. The maximum Gasteiger partial charge on any atom is 0.149 e. The second kappa shape index (κ2) is 6.47. The smallest absolute Gasteiger partial charge is 0.149 e. The number of carbonyl (C=O) groups excluding carboxylic acids is 1. The van der Waals surface area contributed by atoms with Gasteiger partial charge < -0.3 is 0 Å². The molecule has 1 aliphatic heterocycles. The highest BCUT2D eigenvalue weighted by atomic mass is 19.1. The number of nitrogens with zero attached hydrogens (tertiary/aromatic N) is 2. The molecule has 6 heteroatoms. The van der Waals surface area contributed by atoms with Crippen molar-refractivity contribution >= 4 is 5.78 Å². The summed E-state index contributed by atoms with van der Waals surface area (Å²) in [4.78, 5) is 25.8. The quantitative estimate of drug-likeness (QED) is 0.656. The fraction of sp³-hybridized carbons (Fsp3) is 0.409. The molecule has 0 aromatic heterocycles. The number of nitroso groups, excluding NO2 is 1. The average molecular weight is 384 g/mol. The number of halogens is 2. The minimum absolute atomic E-state index is 0.0624. The Morgan fingerprint density at radius 3 is 1.71 bits per heavy atom. The summed E-state index contributed by atoms with van der Waals surface area (Å²) >= 11 is 0. The Morgan fingerprint density at radius 2 is 1.32 bits per heavy atom. The second-order valence-electron chi connectivity index (χ2n) is 8.33. The number of hydrogen-bond donors (Lipinski definition) is 0. The third kappa shape index (κ3) is 2.43. The van der Waals surface area contributed by atoms with Gasteiger partial charge in [-0.3, -0.25) is 4.79 Å². The molecule has 28 heavy (non-hydrogen) atoms. The van der Waals surface area contributed by atoms with Crippen LogP contribution < -0.4 is 0 Å². The molecule has 2 aromatic carbocycles. The molecule has 4 nitrogen and oxygen atoms in total. The Labute approximate surface area is 162 Å². The molecule has 2 fully saturated rings. The maximum atomic E-state index is 14.8. The van der Waals surface area contributed by atoms with Crippen LogP contribution in [0, 0.1) is 27.4 Å². The standard InChI is InChI=1S/C22H22F2N2O2/c1-21-12-7-13-22(2,20(21)27)19(15-9-4-6-11-17(15)24)26(25-28)18(21)14-8-3-5-10-16(14)23/h3-6,8-11,18-19H,7,12-13H2,1-2H3. The predicted molar refractivity (Wildman–Crippen MR) is 101 cm³/mol. The number of piperidine rings is 1. The van der Waals surface area contributed by atoms with Crippen molar-refractivity contribution in [3.63, 3.8) is 0 Å². The van der Waals surface area contributed by atoms with E-state index in [1.165, 1.54) is 17.1 Å². The topological polar surface area (TPSA) is 49.7 Å². The zero-order valence-electron chi connectivity index (χ0n) is 15.9. The lowest BCUT2D eigenvalue weighted by Gasteiger charge is -2.59. The fourth-order valence-corrected chi connectivity index (χ4v) is 5.42. The van der Waals surface area contributed by atoms with Crippen molar-refractivity contribution in [1.82, 2.24) is 5.01 Å². The molecule has 1 saturated heterocycles. The SMILES string of the molecule is CC12CCCC(C)(C1=O)C(c1ccccc1F)N(N=O)C2c1ccccc1F. The molecular formula is C22H22F2N2O2. The molecule has 1 heterocycles. The van der Waals surface area contributed by atoms with E-state index >= 15 is 0 Å². The van der Waals surface area contributed by atoms with E-state index in [1.54, 1.807) is 50.2 Å². The van der Waals surface area contributed by atoms with Gasteiger partial charge in [0.2, 0.25) is 0 Å². The lowest BCUT2D eigenvalue weighted by Crippen LogP contribution is -2.61. The first kappa shape index (κ1) is 18.7. The van der Waals surface area contributed by atoms with E-state index in [0.29, 0.717) is 12.8 Å². The highest BCUT2D eigenvalue weighted by Crippen LogP contribution is 2.63. The van der Waals surface area contributed by atoms with Gasteiger partial charge in [0.05, 0.1) is 28.2 Å². The number of ketones is 1. The molecule has 2 aliphatic rings. The van der Waals surface area contributed by atoms with Gasteiger partial charge in [-0.1, -0.05) is 56.7 Å². The van der Waals surface area contributed by atoms with Gasteiger partial charge in [0.15, 0.2) is 0 Å². The van der Waals surface area contributed by atoms with Crippen molar-refractivity contribution in [2.75, 3.05) is 0 Å². The van der Waals surface area contributed by atoms with Crippen LogP contribution in [0.15, 0.2) is 53.8 Å². The summed E-state index contributed by atoms with van der Waals surface area (Å²) in [6, 6.07) is 10.4. The third-order valence-electron chi connectivity index (χ3n) is 6.66. The van der Waals surface area contributed by atoms with Crippen LogP contribution in [0.2, 0.25) is 0 Å². The second-order valence-corrected chi connectivity index (χ2v) is 8.33. The number of carbonyl (C=O) groups is 1. The summed E-state index contributed by atoms with van der Waals surface area (Å²) in [6.07, 6.45) is 1.79. The van der Waals surface area contributed by atoms with Gasteiger partial charge in [-0.25, -0.2) is 13.8 Å². The molecule has 4 rings (SSSR count). The van der Waals surface area contributed by atoms with Crippen molar-refractivity contribution < 1.29 is 13.6 Å². The van der Waals surface area contributed by atoms with Gasteiger partial charge in [0.25, 0.3) is 0 Å². The Morgan fingerprint density at radius 1 is 0.893 bits per heavy atom. The molecule has 0 radical (unpaired) electrons. The zero-order chi connectivity index (χ0) is 20.1. The number of Topliss-reactive ketones (excluding diaryl/α,β-unsaturated/α-hetero) is 1. The number of benzene rings is 2. The number of hydrogen-bond acceptors (Lipinski definition) is 3. The van der Waals surface area contributed by atoms with Crippen molar-refractivity contribution in [1.29, 1.82) is 0 Å². The minimum Gasteiger partial charge on any atom is -0.298 e. The summed E-state index contributed by atoms with van der Waals surface area (Å²) < 4.78 is 29.5. The third-order valence-corrected chi connectivity index (χ3v) is 6.66. The molecule has 146 valence electrons. The van der Waals surface area contributed by atoms with E-state index in [1.807, 2.05) is 0 Å². The van der Waals surface area contributed by atoms with Gasteiger partial charge in [0, 0.05) is 11.1 Å². The molecule has 0 N–H and O–H groups in total. The summed E-state index contributed by atoms with van der Waals surface area (Å²) in [5, 5.41) is 4.48. The van der Waals surface area contributed by atoms with Gasteiger partial charge >= 0.3 is 0 Å². The van der Waals surface area contributed by atoms with Crippen LogP contribution in [-0.2, 0) is 4.79 Å². The van der Waals surface area contributed by atoms with Crippen LogP contribution in [0.4, 0.5) is 8.78 Å². The molecule has 4 atom stereocenters. The van der Waals surface area contributed by atoms with Crippen LogP contribution in [0.3, 0.4) is 0 Å². The normalized spacial score (nSPS) is 32.3. The molecule has 4 unspecified atom stereocenters. The van der Waals surface area contributed by atoms with E-state index < -0.39 is 34.5 Å². The van der Waals surface area contributed by atoms with Crippen LogP contribution in [0.25, 0.3) is 0 Å². The molecule has 1 saturated carbocycles. The number of fused-ring (bicyclic) bond motifs is 2. The Kier molecular flexibility index (Phi) is 4.32. The van der Waals surface area contributed by atoms with Gasteiger partial charge in [-0.15, -0.1) is 4.91 Å². The van der Waals surface area contributed by atoms with Crippen LogP contribution in [-0.4, -0.2) is 10.8 Å². The Hall–Kier alpha value is -2.63. The first-order valence-electron chi connectivity index (χ1n) is 9.50. The molecule has 0 spiro atoms. The van der Waals surface area contributed by atoms with Crippen molar-refractivity contribution in [2.45, 2.75) is 45.2 Å². The Balaban J connectivity index is 1.99. The molecule has 1 aliphatic carbocycles. The lowest BCUT2D eigenvalue weighted by atomic mass is 9.52. The summed E-state index contributed by atoms with van der Waals surface area (Å²) in [5.74, 6) is -1.07. The van der Waals surface area contributed by atoms with E-state index in [4.69, 9.17) is 0 Å². The van der Waals surface area contributed by atoms with Crippen LogP contribution in [0.5, 0.6) is 0 Å². The Bertz CT molecular complexity index is 880. The van der Waals surface area contributed by atoms with E-state index in [9.17, 15) is 18.5 Å². The van der Waals surface area contributed by atoms with Gasteiger partial charge in [-0.2, -0.15) is 0 Å². The molecule has 0 amide bonds. The van der Waals surface area contributed by atoms with Crippen LogP contribution in [0.1, 0.15) is 56.3 Å². The van der Waals surface area contributed by atoms with Crippen molar-refractivity contribution in [3.05, 3.63) is 76.2 Å². The monoisotopic (exact) mass is 384 g/mol. The maximum absolute atomic E-state index is 14.8. The summed E-state index contributed by atoms with van der Waals surface area (Å²) in [5.41, 5.74) is -1.48. The number of rotatable bonds is 3. The first-order valence-corrected chi connectivity index (χ1v) is 9.50. The summed E-state index contributed by atoms with van der Waals surface area (Å²) in [7, 11) is 0. The van der Waals surface area contributed by atoms with Crippen molar-refractivity contribution in [3.8, 4) is 0 Å². The van der Waals surface area contributed by atoms with E-state index in [0.717, 1.165) is 6.42 Å². The molecule has 2 aromatic rings. The predicted octanol–water partition coefficient (Wildman–Crippen LogP) is 5.51. The average Bonchev–Trinajstić information content (AvgIpc) is 2.67. The van der Waals surface area contributed by atoms with Gasteiger partial charge in [0.1, 0.15) is 17.4 Å².